The minimum Gasteiger partial charge on any atom is -0.493 e. The smallest absolute Gasteiger partial charge is 0.306 e. The van der Waals surface area contributed by atoms with Gasteiger partial charge in [0.15, 0.2) is 0 Å². The standard InChI is InChI=1S/C15H19FO3/c1-10(15(17)18)7-12-8-13(16)5-6-14(12)19-9-11-3-2-4-11/h5-6,8,10-11H,2-4,7,9H2,1H3,(H,17,18). The molecule has 1 aromatic carbocycles. The Morgan fingerprint density at radius 2 is 2.26 bits per heavy atom. The number of carbonyl (C=O) groups is 1. The molecular formula is C15H19FO3. The van der Waals surface area contributed by atoms with E-state index in [-0.39, 0.29) is 12.2 Å². The Balaban J connectivity index is 2.05. The monoisotopic (exact) mass is 266 g/mol. The van der Waals surface area contributed by atoms with Gasteiger partial charge < -0.3 is 9.84 Å². The van der Waals surface area contributed by atoms with E-state index in [0.29, 0.717) is 23.8 Å². The molecule has 0 bridgehead atoms. The number of carboxylic acid groups (broad SMARTS) is 1. The zero-order valence-corrected chi connectivity index (χ0v) is 11.1. The molecule has 0 saturated heterocycles. The van der Waals surface area contributed by atoms with Crippen LogP contribution >= 0.6 is 0 Å². The van der Waals surface area contributed by atoms with Gasteiger partial charge >= 0.3 is 5.97 Å². The van der Waals surface area contributed by atoms with Gasteiger partial charge in [-0.2, -0.15) is 0 Å². The Labute approximate surface area is 112 Å². The van der Waals surface area contributed by atoms with Crippen molar-refractivity contribution in [2.24, 2.45) is 11.8 Å². The summed E-state index contributed by atoms with van der Waals surface area (Å²) in [4.78, 5) is 10.9. The highest BCUT2D eigenvalue weighted by Crippen LogP contribution is 2.29. The van der Waals surface area contributed by atoms with Crippen LogP contribution in [-0.4, -0.2) is 17.7 Å². The van der Waals surface area contributed by atoms with E-state index in [0.717, 1.165) is 0 Å². The molecule has 1 aliphatic carbocycles. The van der Waals surface area contributed by atoms with E-state index in [1.54, 1.807) is 13.0 Å². The van der Waals surface area contributed by atoms with Crippen LogP contribution in [0.25, 0.3) is 0 Å². The molecule has 19 heavy (non-hydrogen) atoms. The summed E-state index contributed by atoms with van der Waals surface area (Å²) in [6, 6.07) is 4.32. The molecule has 1 aromatic rings. The fourth-order valence-electron chi connectivity index (χ4n) is 2.13. The highest BCUT2D eigenvalue weighted by atomic mass is 19.1. The average Bonchev–Trinajstić information content (AvgIpc) is 2.29. The van der Waals surface area contributed by atoms with Crippen LogP contribution in [0.2, 0.25) is 0 Å². The van der Waals surface area contributed by atoms with Crippen molar-refractivity contribution in [1.82, 2.24) is 0 Å². The predicted molar refractivity (Wildman–Crippen MR) is 69.7 cm³/mol. The zero-order chi connectivity index (χ0) is 13.8. The molecule has 1 fully saturated rings. The number of hydrogen-bond acceptors (Lipinski definition) is 2. The van der Waals surface area contributed by atoms with Crippen molar-refractivity contribution in [3.63, 3.8) is 0 Å². The third-order valence-electron chi connectivity index (χ3n) is 3.67. The van der Waals surface area contributed by atoms with E-state index in [1.165, 1.54) is 31.4 Å². The molecule has 0 heterocycles. The molecule has 1 unspecified atom stereocenters. The number of halogens is 1. The van der Waals surface area contributed by atoms with Gasteiger partial charge in [0.25, 0.3) is 0 Å². The highest BCUT2D eigenvalue weighted by Gasteiger charge is 2.20. The van der Waals surface area contributed by atoms with Gasteiger partial charge in [0.1, 0.15) is 11.6 Å². The number of carboxylic acids is 1. The molecule has 0 amide bonds. The van der Waals surface area contributed by atoms with E-state index in [1.807, 2.05) is 0 Å². The number of aliphatic carboxylic acids is 1. The number of benzene rings is 1. The largest absolute Gasteiger partial charge is 0.493 e. The van der Waals surface area contributed by atoms with Crippen LogP contribution in [0, 0.1) is 17.7 Å². The van der Waals surface area contributed by atoms with Gasteiger partial charge in [0.05, 0.1) is 12.5 Å². The van der Waals surface area contributed by atoms with Gasteiger partial charge in [0, 0.05) is 0 Å². The van der Waals surface area contributed by atoms with Gasteiger partial charge in [-0.15, -0.1) is 0 Å². The quantitative estimate of drug-likeness (QED) is 0.859. The molecule has 3 nitrogen and oxygen atoms in total. The van der Waals surface area contributed by atoms with Crippen molar-refractivity contribution < 1.29 is 19.0 Å². The third kappa shape index (κ3) is 3.69. The lowest BCUT2D eigenvalue weighted by atomic mass is 9.86. The van der Waals surface area contributed by atoms with Gasteiger partial charge in [-0.25, -0.2) is 4.39 Å². The SMILES string of the molecule is CC(Cc1cc(F)ccc1OCC1CCC1)C(=O)O. The maximum Gasteiger partial charge on any atom is 0.306 e. The fraction of sp³-hybridized carbons (Fsp3) is 0.533. The van der Waals surface area contributed by atoms with Gasteiger partial charge in [-0.3, -0.25) is 4.79 Å². The molecule has 1 N–H and O–H groups in total. The number of ether oxygens (including phenoxy) is 1. The summed E-state index contributed by atoms with van der Waals surface area (Å²) in [5, 5.41) is 8.93. The minimum absolute atomic E-state index is 0.285. The maximum absolute atomic E-state index is 13.3. The molecule has 104 valence electrons. The third-order valence-corrected chi connectivity index (χ3v) is 3.67. The molecule has 1 atom stereocenters. The van der Waals surface area contributed by atoms with Crippen LogP contribution in [0.1, 0.15) is 31.7 Å². The summed E-state index contributed by atoms with van der Waals surface area (Å²) in [5.41, 5.74) is 0.634. The Morgan fingerprint density at radius 1 is 1.53 bits per heavy atom. The number of hydrogen-bond donors (Lipinski definition) is 1. The summed E-state index contributed by atoms with van der Waals surface area (Å²) >= 11 is 0. The van der Waals surface area contributed by atoms with E-state index in [9.17, 15) is 9.18 Å². The molecular weight excluding hydrogens is 247 g/mol. The van der Waals surface area contributed by atoms with Crippen molar-refractivity contribution in [2.75, 3.05) is 6.61 Å². The molecule has 2 rings (SSSR count). The van der Waals surface area contributed by atoms with Gasteiger partial charge in [-0.05, 0) is 48.9 Å². The first-order chi connectivity index (χ1) is 9.06. The number of rotatable bonds is 6. The minimum atomic E-state index is -0.880. The first-order valence-corrected chi connectivity index (χ1v) is 6.70. The van der Waals surface area contributed by atoms with E-state index < -0.39 is 11.9 Å². The molecule has 1 saturated carbocycles. The Hall–Kier alpha value is -1.58. The van der Waals surface area contributed by atoms with Crippen molar-refractivity contribution in [3.8, 4) is 5.75 Å². The normalized spacial score (nSPS) is 16.7. The molecule has 1 aliphatic rings. The van der Waals surface area contributed by atoms with E-state index in [2.05, 4.69) is 0 Å². The van der Waals surface area contributed by atoms with Crippen LogP contribution in [0.15, 0.2) is 18.2 Å². The summed E-state index contributed by atoms with van der Waals surface area (Å²) in [6.07, 6.45) is 3.90. The first-order valence-electron chi connectivity index (χ1n) is 6.70. The second kappa shape index (κ2) is 6.04. The highest BCUT2D eigenvalue weighted by molar-refractivity contribution is 5.70. The summed E-state index contributed by atoms with van der Waals surface area (Å²) < 4.78 is 19.0. The van der Waals surface area contributed by atoms with Gasteiger partial charge in [0.2, 0.25) is 0 Å². The van der Waals surface area contributed by atoms with E-state index >= 15 is 0 Å². The molecule has 4 heteroatoms. The maximum atomic E-state index is 13.3. The van der Waals surface area contributed by atoms with Crippen LogP contribution in [0.3, 0.4) is 0 Å². The van der Waals surface area contributed by atoms with Crippen LogP contribution in [0.5, 0.6) is 5.75 Å². The first kappa shape index (κ1) is 13.8. The van der Waals surface area contributed by atoms with Crippen LogP contribution in [0.4, 0.5) is 4.39 Å². The Morgan fingerprint density at radius 3 is 2.84 bits per heavy atom. The predicted octanol–water partition coefficient (Wildman–Crippen LogP) is 3.27. The Kier molecular flexibility index (Phi) is 4.40. The van der Waals surface area contributed by atoms with E-state index in [4.69, 9.17) is 9.84 Å². The Bertz CT molecular complexity index is 455. The van der Waals surface area contributed by atoms with Gasteiger partial charge in [-0.1, -0.05) is 13.3 Å². The molecule has 0 radical (unpaired) electrons. The summed E-state index contributed by atoms with van der Waals surface area (Å²) in [5.74, 6) is -0.582. The van der Waals surface area contributed by atoms with Crippen molar-refractivity contribution in [2.45, 2.75) is 32.6 Å². The summed E-state index contributed by atoms with van der Waals surface area (Å²) in [6.45, 7) is 2.25. The molecule has 0 aromatic heterocycles. The van der Waals surface area contributed by atoms with Crippen LogP contribution in [-0.2, 0) is 11.2 Å². The van der Waals surface area contributed by atoms with Crippen molar-refractivity contribution in [1.29, 1.82) is 0 Å². The molecule has 0 aliphatic heterocycles. The topological polar surface area (TPSA) is 46.5 Å². The van der Waals surface area contributed by atoms with Crippen molar-refractivity contribution >= 4 is 5.97 Å². The zero-order valence-electron chi connectivity index (χ0n) is 11.1. The lowest BCUT2D eigenvalue weighted by Gasteiger charge is -2.25. The van der Waals surface area contributed by atoms with Crippen LogP contribution < -0.4 is 4.74 Å². The average molecular weight is 266 g/mol. The lowest BCUT2D eigenvalue weighted by Crippen LogP contribution is -2.20. The second-order valence-electron chi connectivity index (χ2n) is 5.30. The molecule has 0 spiro atoms. The summed E-state index contributed by atoms with van der Waals surface area (Å²) in [7, 11) is 0. The fourth-order valence-corrected chi connectivity index (χ4v) is 2.13. The van der Waals surface area contributed by atoms with Crippen molar-refractivity contribution in [3.05, 3.63) is 29.6 Å². The second-order valence-corrected chi connectivity index (χ2v) is 5.30. The lowest BCUT2D eigenvalue weighted by molar-refractivity contribution is -0.141.